The number of rotatable bonds is 6. The number of methoxy groups -OCH3 is 1. The third kappa shape index (κ3) is 3.09. The van der Waals surface area contributed by atoms with E-state index in [1.807, 2.05) is 31.3 Å². The summed E-state index contributed by atoms with van der Waals surface area (Å²) in [4.78, 5) is 4.78. The minimum absolute atomic E-state index is 0.503. The Balaban J connectivity index is 1.70. The fourth-order valence-corrected chi connectivity index (χ4v) is 3.82. The van der Waals surface area contributed by atoms with E-state index in [1.165, 1.54) is 25.7 Å². The van der Waals surface area contributed by atoms with Gasteiger partial charge in [-0.3, -0.25) is 0 Å². The standard InChI is InChI=1S/C21H25N3O2/c1-22-21-23-17-12-20(26-14-15-8-4-3-5-9-15)19(25-2)13-18(17)24(21)16-10-6-7-11-16/h3-5,8-9,12-13,16H,6-7,10-11,14H2,1-2H3,(H,22,23). The van der Waals surface area contributed by atoms with E-state index in [2.05, 4.69) is 28.1 Å². The van der Waals surface area contributed by atoms with Gasteiger partial charge in [0.1, 0.15) is 6.61 Å². The first-order valence-corrected chi connectivity index (χ1v) is 9.24. The van der Waals surface area contributed by atoms with Gasteiger partial charge in [0.05, 0.1) is 18.1 Å². The molecule has 0 spiro atoms. The van der Waals surface area contributed by atoms with Crippen LogP contribution in [0, 0.1) is 0 Å². The van der Waals surface area contributed by atoms with Crippen LogP contribution in [0.5, 0.6) is 11.5 Å². The van der Waals surface area contributed by atoms with Gasteiger partial charge in [0.2, 0.25) is 5.95 Å². The number of hydrogen-bond donors (Lipinski definition) is 1. The largest absolute Gasteiger partial charge is 0.493 e. The minimum atomic E-state index is 0.503. The van der Waals surface area contributed by atoms with Crippen molar-refractivity contribution in [3.63, 3.8) is 0 Å². The number of fused-ring (bicyclic) bond motifs is 1. The molecule has 5 heteroatoms. The van der Waals surface area contributed by atoms with Gasteiger partial charge in [-0.05, 0) is 18.4 Å². The van der Waals surface area contributed by atoms with Crippen LogP contribution in [0.1, 0.15) is 37.3 Å². The van der Waals surface area contributed by atoms with Gasteiger partial charge in [-0.15, -0.1) is 0 Å². The normalized spacial score (nSPS) is 14.7. The number of benzene rings is 2. The highest BCUT2D eigenvalue weighted by molar-refractivity contribution is 5.83. The molecule has 1 fully saturated rings. The van der Waals surface area contributed by atoms with E-state index in [4.69, 9.17) is 14.5 Å². The zero-order valence-corrected chi connectivity index (χ0v) is 15.4. The first kappa shape index (κ1) is 16.8. The molecule has 0 atom stereocenters. The van der Waals surface area contributed by atoms with Crippen molar-refractivity contribution >= 4 is 17.0 Å². The fourth-order valence-electron chi connectivity index (χ4n) is 3.82. The molecule has 0 bridgehead atoms. The second kappa shape index (κ2) is 7.28. The monoisotopic (exact) mass is 351 g/mol. The van der Waals surface area contributed by atoms with Gasteiger partial charge in [0, 0.05) is 25.2 Å². The van der Waals surface area contributed by atoms with E-state index in [1.54, 1.807) is 7.11 Å². The molecule has 2 aromatic carbocycles. The molecule has 1 saturated carbocycles. The van der Waals surface area contributed by atoms with Crippen LogP contribution >= 0.6 is 0 Å². The van der Waals surface area contributed by atoms with Crippen molar-refractivity contribution in [3.8, 4) is 11.5 Å². The lowest BCUT2D eigenvalue weighted by molar-refractivity contribution is 0.285. The highest BCUT2D eigenvalue weighted by Crippen LogP contribution is 2.39. The molecule has 5 nitrogen and oxygen atoms in total. The van der Waals surface area contributed by atoms with E-state index in [9.17, 15) is 0 Å². The molecule has 136 valence electrons. The molecule has 3 aromatic rings. The van der Waals surface area contributed by atoms with Gasteiger partial charge in [-0.1, -0.05) is 43.2 Å². The maximum absolute atomic E-state index is 6.04. The zero-order chi connectivity index (χ0) is 17.9. The molecule has 0 radical (unpaired) electrons. The number of nitrogens with zero attached hydrogens (tertiary/aromatic N) is 2. The molecule has 1 aliphatic carbocycles. The van der Waals surface area contributed by atoms with E-state index in [-0.39, 0.29) is 0 Å². The smallest absolute Gasteiger partial charge is 0.203 e. The lowest BCUT2D eigenvalue weighted by Crippen LogP contribution is -2.08. The van der Waals surface area contributed by atoms with Crippen LogP contribution in [0.2, 0.25) is 0 Å². The van der Waals surface area contributed by atoms with Crippen molar-refractivity contribution in [2.24, 2.45) is 0 Å². The van der Waals surface area contributed by atoms with Crippen LogP contribution in [0.15, 0.2) is 42.5 Å². The Morgan fingerprint density at radius 2 is 1.88 bits per heavy atom. The minimum Gasteiger partial charge on any atom is -0.493 e. The summed E-state index contributed by atoms with van der Waals surface area (Å²) < 4.78 is 14.0. The van der Waals surface area contributed by atoms with E-state index >= 15 is 0 Å². The van der Waals surface area contributed by atoms with Crippen molar-refractivity contribution in [2.75, 3.05) is 19.5 Å². The SMILES string of the molecule is CNc1nc2cc(OCc3ccccc3)c(OC)cc2n1C1CCCC1. The molecule has 26 heavy (non-hydrogen) atoms. The molecule has 1 aliphatic rings. The topological polar surface area (TPSA) is 48.3 Å². The van der Waals surface area contributed by atoms with Gasteiger partial charge in [-0.25, -0.2) is 4.98 Å². The maximum Gasteiger partial charge on any atom is 0.203 e. The van der Waals surface area contributed by atoms with Crippen molar-refractivity contribution in [1.82, 2.24) is 9.55 Å². The summed E-state index contributed by atoms with van der Waals surface area (Å²) in [5.41, 5.74) is 3.16. The average Bonchev–Trinajstić information content (AvgIpc) is 3.32. The number of anilines is 1. The number of aromatic nitrogens is 2. The lowest BCUT2D eigenvalue weighted by atomic mass is 10.2. The Bertz CT molecular complexity index is 883. The molecule has 0 aliphatic heterocycles. The first-order chi connectivity index (χ1) is 12.8. The fraction of sp³-hybridized carbons (Fsp3) is 0.381. The Labute approximate surface area is 153 Å². The second-order valence-electron chi connectivity index (χ2n) is 6.76. The number of hydrogen-bond acceptors (Lipinski definition) is 4. The van der Waals surface area contributed by atoms with E-state index < -0.39 is 0 Å². The number of imidazole rings is 1. The summed E-state index contributed by atoms with van der Waals surface area (Å²) in [7, 11) is 3.61. The van der Waals surface area contributed by atoms with Crippen molar-refractivity contribution in [2.45, 2.75) is 38.3 Å². The maximum atomic E-state index is 6.04. The molecule has 1 N–H and O–H groups in total. The predicted molar refractivity (Wildman–Crippen MR) is 104 cm³/mol. The van der Waals surface area contributed by atoms with E-state index in [0.29, 0.717) is 12.6 Å². The molecule has 0 saturated heterocycles. The van der Waals surface area contributed by atoms with Gasteiger partial charge in [0.25, 0.3) is 0 Å². The number of ether oxygens (including phenoxy) is 2. The van der Waals surface area contributed by atoms with Crippen LogP contribution in [0.4, 0.5) is 5.95 Å². The Morgan fingerprint density at radius 3 is 2.58 bits per heavy atom. The zero-order valence-electron chi connectivity index (χ0n) is 15.4. The summed E-state index contributed by atoms with van der Waals surface area (Å²) in [6.07, 6.45) is 4.97. The quantitative estimate of drug-likeness (QED) is 0.694. The third-order valence-electron chi connectivity index (χ3n) is 5.13. The Morgan fingerprint density at radius 1 is 1.12 bits per heavy atom. The van der Waals surface area contributed by atoms with Crippen molar-refractivity contribution < 1.29 is 9.47 Å². The molecule has 0 amide bonds. The first-order valence-electron chi connectivity index (χ1n) is 9.24. The molecular weight excluding hydrogens is 326 g/mol. The van der Waals surface area contributed by atoms with E-state index in [0.717, 1.165) is 34.0 Å². The molecule has 0 unspecified atom stereocenters. The van der Waals surface area contributed by atoms with Crippen molar-refractivity contribution in [1.29, 1.82) is 0 Å². The van der Waals surface area contributed by atoms with Crippen LogP contribution in [0.3, 0.4) is 0 Å². The molecule has 1 aromatic heterocycles. The lowest BCUT2D eigenvalue weighted by Gasteiger charge is -2.17. The Kier molecular flexibility index (Phi) is 4.69. The summed E-state index contributed by atoms with van der Waals surface area (Å²) in [5, 5.41) is 3.25. The molecular formula is C21H25N3O2. The van der Waals surface area contributed by atoms with Gasteiger partial charge in [-0.2, -0.15) is 0 Å². The molecule has 1 heterocycles. The van der Waals surface area contributed by atoms with Crippen LogP contribution in [-0.4, -0.2) is 23.7 Å². The van der Waals surface area contributed by atoms with Gasteiger partial charge < -0.3 is 19.4 Å². The third-order valence-corrected chi connectivity index (χ3v) is 5.13. The summed E-state index contributed by atoms with van der Waals surface area (Å²) in [6.45, 7) is 0.505. The Hall–Kier alpha value is -2.69. The van der Waals surface area contributed by atoms with Gasteiger partial charge in [0.15, 0.2) is 11.5 Å². The van der Waals surface area contributed by atoms with Crippen LogP contribution in [-0.2, 0) is 6.61 Å². The van der Waals surface area contributed by atoms with Crippen LogP contribution in [0.25, 0.3) is 11.0 Å². The summed E-state index contributed by atoms with van der Waals surface area (Å²) >= 11 is 0. The van der Waals surface area contributed by atoms with Gasteiger partial charge >= 0.3 is 0 Å². The summed E-state index contributed by atoms with van der Waals surface area (Å²) in [6, 6.07) is 14.7. The van der Waals surface area contributed by atoms with Crippen molar-refractivity contribution in [3.05, 3.63) is 48.0 Å². The number of nitrogens with one attached hydrogen (secondary N) is 1. The molecule has 4 rings (SSSR count). The summed E-state index contributed by atoms with van der Waals surface area (Å²) in [5.74, 6) is 2.38. The highest BCUT2D eigenvalue weighted by Gasteiger charge is 2.23. The average molecular weight is 351 g/mol. The predicted octanol–water partition coefficient (Wildman–Crippen LogP) is 4.78. The second-order valence-corrected chi connectivity index (χ2v) is 6.76. The highest BCUT2D eigenvalue weighted by atomic mass is 16.5. The van der Waals surface area contributed by atoms with Crippen LogP contribution < -0.4 is 14.8 Å².